The Hall–Kier alpha value is -3.45. The fourth-order valence-corrected chi connectivity index (χ4v) is 7.21. The first-order valence-electron chi connectivity index (χ1n) is 17.8. The highest BCUT2D eigenvalue weighted by Crippen LogP contribution is 2.32. The van der Waals surface area contributed by atoms with Gasteiger partial charge in [0.1, 0.15) is 17.1 Å². The molecule has 6 rings (SSSR count). The van der Waals surface area contributed by atoms with E-state index in [1.54, 1.807) is 0 Å². The maximum Gasteiger partial charge on any atom is 0.257 e. The fraction of sp³-hybridized carbons (Fsp3) is 0.526. The zero-order valence-electron chi connectivity index (χ0n) is 28.7. The number of β-amino-alcohol motifs (C(OH)–C–C–N with tert-alkyl or cyclic N) is 1. The van der Waals surface area contributed by atoms with Gasteiger partial charge in [-0.3, -0.25) is 19.5 Å². The molecule has 11 heteroatoms. The largest absolute Gasteiger partial charge is 0.438 e. The fourth-order valence-electron chi connectivity index (χ4n) is 7.21. The van der Waals surface area contributed by atoms with Gasteiger partial charge in [0.25, 0.3) is 5.91 Å². The zero-order valence-corrected chi connectivity index (χ0v) is 28.7. The van der Waals surface area contributed by atoms with Crippen LogP contribution in [0.1, 0.15) is 60.5 Å². The summed E-state index contributed by atoms with van der Waals surface area (Å²) in [6, 6.07) is 16.2. The highest BCUT2D eigenvalue weighted by Gasteiger charge is 2.25. The molecule has 1 atom stereocenters. The molecular formula is C38H51FN6O4. The number of nitrogens with two attached hydrogens (primary N) is 1. The van der Waals surface area contributed by atoms with E-state index >= 15 is 0 Å². The van der Waals surface area contributed by atoms with Gasteiger partial charge in [-0.05, 0) is 92.6 Å². The average Bonchev–Trinajstić information content (AvgIpc) is 3.32. The molecule has 0 bridgehead atoms. The second-order valence-corrected chi connectivity index (χ2v) is 13.8. The lowest BCUT2D eigenvalue weighted by Crippen LogP contribution is -2.43. The quantitative estimate of drug-likeness (QED) is 0.272. The first-order chi connectivity index (χ1) is 23.8. The molecule has 1 aromatic heterocycles. The molecule has 3 fully saturated rings. The summed E-state index contributed by atoms with van der Waals surface area (Å²) in [5.41, 5.74) is 10.7. The van der Waals surface area contributed by atoms with Crippen molar-refractivity contribution in [1.29, 1.82) is 0 Å². The normalized spacial score (nSPS) is 22.8. The molecule has 2 saturated heterocycles. The zero-order chi connectivity index (χ0) is 34.2. The molecule has 2 aromatic carbocycles. The lowest BCUT2D eigenvalue weighted by atomic mass is 9.91. The number of nitrogens with one attached hydrogen (secondary N) is 1. The molecule has 1 saturated carbocycles. The minimum Gasteiger partial charge on any atom is -0.438 e. The minimum absolute atomic E-state index is 0.0114. The van der Waals surface area contributed by atoms with Crippen molar-refractivity contribution in [2.75, 3.05) is 59.1 Å². The maximum absolute atomic E-state index is 14.3. The van der Waals surface area contributed by atoms with E-state index in [1.165, 1.54) is 17.2 Å². The summed E-state index contributed by atoms with van der Waals surface area (Å²) in [6.07, 6.45) is 5.44. The third-order valence-corrected chi connectivity index (χ3v) is 10.1. The number of aromatic nitrogens is 1. The molecule has 10 nitrogen and oxygen atoms in total. The van der Waals surface area contributed by atoms with Crippen LogP contribution in [0.15, 0.2) is 54.7 Å². The molecule has 0 radical (unpaired) electrons. The van der Waals surface area contributed by atoms with Crippen LogP contribution in [0.3, 0.4) is 0 Å². The van der Waals surface area contributed by atoms with E-state index in [-0.39, 0.29) is 30.1 Å². The van der Waals surface area contributed by atoms with Crippen molar-refractivity contribution in [2.24, 2.45) is 5.73 Å². The predicted octanol–water partition coefficient (Wildman–Crippen LogP) is 4.40. The van der Waals surface area contributed by atoms with Gasteiger partial charge in [0.05, 0.1) is 26.0 Å². The van der Waals surface area contributed by atoms with E-state index < -0.39 is 11.7 Å². The van der Waals surface area contributed by atoms with Crippen LogP contribution in [0.2, 0.25) is 0 Å². The van der Waals surface area contributed by atoms with Crippen molar-refractivity contribution in [3.05, 3.63) is 77.2 Å². The molecule has 1 aliphatic carbocycles. The number of rotatable bonds is 11. The van der Waals surface area contributed by atoms with Crippen molar-refractivity contribution in [1.82, 2.24) is 25.0 Å². The van der Waals surface area contributed by atoms with Crippen LogP contribution < -0.4 is 15.8 Å². The predicted molar refractivity (Wildman–Crippen MR) is 188 cm³/mol. The number of halogens is 1. The van der Waals surface area contributed by atoms with E-state index in [1.807, 2.05) is 18.2 Å². The van der Waals surface area contributed by atoms with Crippen molar-refractivity contribution in [3.8, 4) is 22.8 Å². The molecule has 4 N–H and O–H groups in total. The van der Waals surface area contributed by atoms with Gasteiger partial charge in [-0.15, -0.1) is 0 Å². The second-order valence-electron chi connectivity index (χ2n) is 13.8. The molecular weight excluding hydrogens is 623 g/mol. The van der Waals surface area contributed by atoms with Gasteiger partial charge in [-0.2, -0.15) is 0 Å². The van der Waals surface area contributed by atoms with Crippen LogP contribution in [-0.4, -0.2) is 108 Å². The highest BCUT2D eigenvalue weighted by molar-refractivity contribution is 5.96. The van der Waals surface area contributed by atoms with Gasteiger partial charge in [0.2, 0.25) is 5.88 Å². The summed E-state index contributed by atoms with van der Waals surface area (Å²) in [5, 5.41) is 12.4. The number of aliphatic hydroxyl groups excluding tert-OH is 1. The third kappa shape index (κ3) is 9.62. The molecule has 49 heavy (non-hydrogen) atoms. The van der Waals surface area contributed by atoms with E-state index in [9.17, 15) is 14.3 Å². The molecule has 0 spiro atoms. The summed E-state index contributed by atoms with van der Waals surface area (Å²) in [7, 11) is 0. The summed E-state index contributed by atoms with van der Waals surface area (Å²) < 4.78 is 26.3. The van der Waals surface area contributed by atoms with Crippen LogP contribution in [0.4, 0.5) is 4.39 Å². The smallest absolute Gasteiger partial charge is 0.257 e. The number of hydrogen-bond donors (Lipinski definition) is 3. The van der Waals surface area contributed by atoms with Gasteiger partial charge in [-0.1, -0.05) is 30.3 Å². The lowest BCUT2D eigenvalue weighted by molar-refractivity contribution is -0.00431. The summed E-state index contributed by atoms with van der Waals surface area (Å²) in [6.45, 7) is 11.1. The van der Waals surface area contributed by atoms with Gasteiger partial charge >= 0.3 is 0 Å². The van der Waals surface area contributed by atoms with E-state index in [0.29, 0.717) is 18.4 Å². The Bertz CT molecular complexity index is 1550. The Balaban J connectivity index is 1.23. The standard InChI is InChI=1S/C38H51FN6O4/c1-27-26-48-19-17-45(27)25-30-20-28(24-44-13-3-12-43(14-15-44)16-18-46)6-11-35(30)29-4-2-5-34(21-29)49-38-36(22-31(39)23-41-38)37(47)42-33-9-7-32(40)8-10-33/h2,4-6,11,20-23,27,32-33,46H,3,7-10,12-19,24-26,40H2,1H3,(H,42,47)/t27-,32-,33-/m0/s1. The Labute approximate surface area is 289 Å². The molecule has 0 unspecified atom stereocenters. The number of hydrogen-bond acceptors (Lipinski definition) is 9. The Morgan fingerprint density at radius 1 is 1.04 bits per heavy atom. The second kappa shape index (κ2) is 17.0. The summed E-state index contributed by atoms with van der Waals surface area (Å²) in [4.78, 5) is 24.8. The van der Waals surface area contributed by atoms with Crippen LogP contribution in [0.5, 0.6) is 11.6 Å². The van der Waals surface area contributed by atoms with Crippen LogP contribution in [-0.2, 0) is 17.8 Å². The molecule has 3 heterocycles. The van der Waals surface area contributed by atoms with E-state index in [2.05, 4.69) is 56.2 Å². The number of carbonyl (C=O) groups is 1. The number of carbonyl (C=O) groups excluding carboxylic acids is 1. The van der Waals surface area contributed by atoms with E-state index in [4.69, 9.17) is 15.2 Å². The topological polar surface area (TPSA) is 116 Å². The molecule has 3 aliphatic rings. The number of pyridine rings is 1. The van der Waals surface area contributed by atoms with Crippen molar-refractivity contribution in [2.45, 2.75) is 70.2 Å². The number of morpholine rings is 1. The monoisotopic (exact) mass is 674 g/mol. The Kier molecular flexibility index (Phi) is 12.3. The summed E-state index contributed by atoms with van der Waals surface area (Å²) in [5.74, 6) is -0.416. The van der Waals surface area contributed by atoms with E-state index in [0.717, 1.165) is 108 Å². The number of ether oxygens (including phenoxy) is 2. The van der Waals surface area contributed by atoms with Crippen LogP contribution in [0, 0.1) is 5.82 Å². The van der Waals surface area contributed by atoms with Gasteiger partial charge in [-0.25, -0.2) is 9.37 Å². The van der Waals surface area contributed by atoms with Gasteiger partial charge in [0, 0.05) is 57.4 Å². The average molecular weight is 675 g/mol. The SMILES string of the molecule is C[C@H]1COCCN1Cc1cc(CN2CCCN(CCO)CC2)ccc1-c1cccc(Oc2ncc(F)cc2C(=O)N[C@H]2CC[C@H](N)CC2)c1. The van der Waals surface area contributed by atoms with Crippen LogP contribution in [0.25, 0.3) is 11.1 Å². The number of amides is 1. The van der Waals surface area contributed by atoms with Crippen LogP contribution >= 0.6 is 0 Å². The minimum atomic E-state index is -0.596. The van der Waals surface area contributed by atoms with Crippen molar-refractivity contribution in [3.63, 3.8) is 0 Å². The first kappa shape index (κ1) is 35.4. The molecule has 264 valence electrons. The van der Waals surface area contributed by atoms with Gasteiger partial charge < -0.3 is 25.6 Å². The van der Waals surface area contributed by atoms with Gasteiger partial charge in [0.15, 0.2) is 0 Å². The van der Waals surface area contributed by atoms with Crippen molar-refractivity contribution >= 4 is 5.91 Å². The molecule has 3 aromatic rings. The summed E-state index contributed by atoms with van der Waals surface area (Å²) >= 11 is 0. The molecule has 2 aliphatic heterocycles. The Morgan fingerprint density at radius 2 is 1.86 bits per heavy atom. The maximum atomic E-state index is 14.3. The highest BCUT2D eigenvalue weighted by atomic mass is 19.1. The first-order valence-corrected chi connectivity index (χ1v) is 17.8. The molecule has 1 amide bonds. The number of benzene rings is 2. The lowest BCUT2D eigenvalue weighted by Gasteiger charge is -2.34. The number of aliphatic hydroxyl groups is 1. The van der Waals surface area contributed by atoms with Crippen molar-refractivity contribution < 1.29 is 23.8 Å². The number of nitrogens with zero attached hydrogens (tertiary/aromatic N) is 4. The third-order valence-electron chi connectivity index (χ3n) is 10.1. The Morgan fingerprint density at radius 3 is 2.67 bits per heavy atom.